The van der Waals surface area contributed by atoms with E-state index in [-0.39, 0.29) is 17.1 Å². The summed E-state index contributed by atoms with van der Waals surface area (Å²) in [6.45, 7) is 1.09. The van der Waals surface area contributed by atoms with Crippen molar-refractivity contribution in [1.82, 2.24) is 10.2 Å². The summed E-state index contributed by atoms with van der Waals surface area (Å²) >= 11 is 0. The van der Waals surface area contributed by atoms with Crippen LogP contribution in [0.15, 0.2) is 48.5 Å². The van der Waals surface area contributed by atoms with Crippen molar-refractivity contribution in [3.05, 3.63) is 64.2 Å². The molecule has 0 aromatic heterocycles. The number of benzene rings is 2. The molecule has 4 amide bonds. The Morgan fingerprint density at radius 2 is 1.94 bits per heavy atom. The van der Waals surface area contributed by atoms with Crippen LogP contribution in [0.2, 0.25) is 0 Å². The number of carbonyl (C=O) groups is 3. The molecule has 2 aromatic carbocycles. The average molecular weight is 426 g/mol. The van der Waals surface area contributed by atoms with Crippen LogP contribution in [-0.4, -0.2) is 46.9 Å². The van der Waals surface area contributed by atoms with Crippen LogP contribution < -0.4 is 15.4 Å². The van der Waals surface area contributed by atoms with Crippen molar-refractivity contribution in [3.8, 4) is 5.75 Å². The predicted molar refractivity (Wildman–Crippen MR) is 112 cm³/mol. The number of amides is 4. The summed E-state index contributed by atoms with van der Waals surface area (Å²) in [6, 6.07) is 12.6. The second kappa shape index (κ2) is 8.82. The maximum absolute atomic E-state index is 12.9. The second-order valence-electron chi connectivity index (χ2n) is 7.33. The number of methoxy groups -OCH3 is 1. The summed E-state index contributed by atoms with van der Waals surface area (Å²) in [4.78, 5) is 48.9. The molecule has 31 heavy (non-hydrogen) atoms. The van der Waals surface area contributed by atoms with E-state index in [1.54, 1.807) is 6.92 Å². The van der Waals surface area contributed by atoms with Gasteiger partial charge in [0.25, 0.3) is 11.6 Å². The van der Waals surface area contributed by atoms with Crippen LogP contribution in [0.4, 0.5) is 16.2 Å². The van der Waals surface area contributed by atoms with E-state index < -0.39 is 34.9 Å². The van der Waals surface area contributed by atoms with Gasteiger partial charge in [0.15, 0.2) is 0 Å². The Hall–Kier alpha value is -3.95. The van der Waals surface area contributed by atoms with Gasteiger partial charge in [-0.1, -0.05) is 30.3 Å². The van der Waals surface area contributed by atoms with Gasteiger partial charge in [0.1, 0.15) is 17.8 Å². The van der Waals surface area contributed by atoms with Gasteiger partial charge in [-0.05, 0) is 31.4 Å². The maximum atomic E-state index is 12.9. The molecular formula is C21H22N4O6. The van der Waals surface area contributed by atoms with Crippen LogP contribution in [0.1, 0.15) is 18.9 Å². The van der Waals surface area contributed by atoms with Gasteiger partial charge in [0.2, 0.25) is 5.91 Å². The van der Waals surface area contributed by atoms with Gasteiger partial charge >= 0.3 is 6.03 Å². The van der Waals surface area contributed by atoms with Gasteiger partial charge < -0.3 is 15.4 Å². The van der Waals surface area contributed by atoms with Gasteiger partial charge in [-0.2, -0.15) is 0 Å². The Labute approximate surface area is 178 Å². The normalized spacial score (nSPS) is 17.9. The average Bonchev–Trinajstić information content (AvgIpc) is 2.96. The zero-order chi connectivity index (χ0) is 22.6. The van der Waals surface area contributed by atoms with Crippen LogP contribution in [-0.2, 0) is 16.0 Å². The van der Waals surface area contributed by atoms with Gasteiger partial charge in [-0.25, -0.2) is 4.79 Å². The molecule has 1 heterocycles. The van der Waals surface area contributed by atoms with Gasteiger partial charge in [-0.3, -0.25) is 24.6 Å². The van der Waals surface area contributed by atoms with E-state index in [2.05, 4.69) is 10.6 Å². The summed E-state index contributed by atoms with van der Waals surface area (Å²) in [6.07, 6.45) is 0.951. The Morgan fingerprint density at radius 1 is 1.23 bits per heavy atom. The summed E-state index contributed by atoms with van der Waals surface area (Å²) in [5, 5.41) is 16.1. The number of nitro benzene ring substituents is 1. The molecule has 1 atom stereocenters. The molecule has 10 nitrogen and oxygen atoms in total. The fourth-order valence-electron chi connectivity index (χ4n) is 3.34. The highest BCUT2D eigenvalue weighted by Crippen LogP contribution is 2.29. The van der Waals surface area contributed by atoms with Crippen molar-refractivity contribution in [2.45, 2.75) is 25.3 Å². The molecule has 0 aliphatic carbocycles. The Morgan fingerprint density at radius 3 is 2.58 bits per heavy atom. The standard InChI is InChI=1S/C21H22N4O6/c1-21(11-10-14-6-4-3-5-7-14)19(27)24(20(28)23-21)13-18(26)22-16-12-15(25(29)30)8-9-17(16)31-2/h3-9,12H,10-11,13H2,1-2H3,(H,22,26)(H,23,28)/t21-/m0/s1. The van der Waals surface area contributed by atoms with Crippen LogP contribution in [0.25, 0.3) is 0 Å². The quantitative estimate of drug-likeness (QED) is 0.379. The number of ether oxygens (including phenoxy) is 1. The zero-order valence-corrected chi connectivity index (χ0v) is 17.1. The van der Waals surface area contributed by atoms with E-state index in [0.717, 1.165) is 16.5 Å². The minimum atomic E-state index is -1.13. The fourth-order valence-corrected chi connectivity index (χ4v) is 3.34. The summed E-state index contributed by atoms with van der Waals surface area (Å²) < 4.78 is 5.10. The van der Waals surface area contributed by atoms with Crippen molar-refractivity contribution in [1.29, 1.82) is 0 Å². The number of anilines is 1. The van der Waals surface area contributed by atoms with Crippen molar-refractivity contribution in [2.75, 3.05) is 19.0 Å². The molecule has 162 valence electrons. The highest BCUT2D eigenvalue weighted by atomic mass is 16.6. The summed E-state index contributed by atoms with van der Waals surface area (Å²) in [5.41, 5.74) is -0.268. The van der Waals surface area contributed by atoms with E-state index in [1.165, 1.54) is 19.2 Å². The molecule has 1 aliphatic heterocycles. The molecule has 0 radical (unpaired) electrons. The van der Waals surface area contributed by atoms with Gasteiger partial charge in [0, 0.05) is 12.1 Å². The minimum absolute atomic E-state index is 0.0700. The van der Waals surface area contributed by atoms with Crippen molar-refractivity contribution < 1.29 is 24.0 Å². The predicted octanol–water partition coefficient (Wildman–Crippen LogP) is 2.49. The van der Waals surface area contributed by atoms with Gasteiger partial charge in [0.05, 0.1) is 17.7 Å². The Kier molecular flexibility index (Phi) is 6.19. The molecule has 0 bridgehead atoms. The first-order valence-electron chi connectivity index (χ1n) is 9.54. The number of hydrogen-bond acceptors (Lipinski definition) is 6. The van der Waals surface area contributed by atoms with E-state index in [9.17, 15) is 24.5 Å². The largest absolute Gasteiger partial charge is 0.495 e. The number of urea groups is 1. The van der Waals surface area contributed by atoms with Crippen molar-refractivity contribution in [3.63, 3.8) is 0 Å². The van der Waals surface area contributed by atoms with E-state index in [1.807, 2.05) is 30.3 Å². The molecular weight excluding hydrogens is 404 g/mol. The second-order valence-corrected chi connectivity index (χ2v) is 7.33. The number of nitrogens with zero attached hydrogens (tertiary/aromatic N) is 2. The number of rotatable bonds is 8. The van der Waals surface area contributed by atoms with Crippen molar-refractivity contribution in [2.24, 2.45) is 0 Å². The molecule has 3 rings (SSSR count). The first kappa shape index (κ1) is 21.8. The first-order valence-corrected chi connectivity index (χ1v) is 9.54. The summed E-state index contributed by atoms with van der Waals surface area (Å²) in [7, 11) is 1.35. The Balaban J connectivity index is 1.67. The van der Waals surface area contributed by atoms with Crippen LogP contribution in [0.3, 0.4) is 0 Å². The van der Waals surface area contributed by atoms with Gasteiger partial charge in [-0.15, -0.1) is 0 Å². The molecule has 10 heteroatoms. The number of non-ortho nitro benzene ring substituents is 1. The number of imide groups is 1. The smallest absolute Gasteiger partial charge is 0.325 e. The number of hydrogen-bond donors (Lipinski definition) is 2. The molecule has 1 fully saturated rings. The third-order valence-electron chi connectivity index (χ3n) is 5.07. The molecule has 1 saturated heterocycles. The van der Waals surface area contributed by atoms with E-state index >= 15 is 0 Å². The van der Waals surface area contributed by atoms with Crippen LogP contribution in [0, 0.1) is 10.1 Å². The highest BCUT2D eigenvalue weighted by Gasteiger charge is 2.47. The molecule has 0 saturated carbocycles. The summed E-state index contributed by atoms with van der Waals surface area (Å²) in [5.74, 6) is -0.979. The molecule has 0 spiro atoms. The van der Waals surface area contributed by atoms with E-state index in [0.29, 0.717) is 12.8 Å². The van der Waals surface area contributed by atoms with Crippen LogP contribution in [0.5, 0.6) is 5.75 Å². The first-order chi connectivity index (χ1) is 14.7. The fraction of sp³-hybridized carbons (Fsp3) is 0.286. The maximum Gasteiger partial charge on any atom is 0.325 e. The monoisotopic (exact) mass is 426 g/mol. The lowest BCUT2D eigenvalue weighted by molar-refractivity contribution is -0.384. The van der Waals surface area contributed by atoms with E-state index in [4.69, 9.17) is 4.74 Å². The lowest BCUT2D eigenvalue weighted by atomic mass is 9.93. The zero-order valence-electron chi connectivity index (χ0n) is 17.1. The Bertz CT molecular complexity index is 1030. The van der Waals surface area contributed by atoms with Crippen molar-refractivity contribution >= 4 is 29.2 Å². The SMILES string of the molecule is COc1ccc([N+](=O)[O-])cc1NC(=O)CN1C(=O)N[C@@](C)(CCc2ccccc2)C1=O. The molecule has 2 aromatic rings. The molecule has 1 aliphatic rings. The lowest BCUT2D eigenvalue weighted by Gasteiger charge is -2.21. The third kappa shape index (κ3) is 4.80. The number of nitro groups is 1. The number of nitrogens with one attached hydrogen (secondary N) is 2. The number of aryl methyl sites for hydroxylation is 1. The molecule has 2 N–H and O–H groups in total. The topological polar surface area (TPSA) is 131 Å². The highest BCUT2D eigenvalue weighted by molar-refractivity contribution is 6.10. The molecule has 0 unspecified atom stereocenters. The minimum Gasteiger partial charge on any atom is -0.495 e. The van der Waals surface area contributed by atoms with Crippen LogP contribution >= 0.6 is 0 Å². The third-order valence-corrected chi connectivity index (χ3v) is 5.07. The lowest BCUT2D eigenvalue weighted by Crippen LogP contribution is -2.45. The number of carbonyl (C=O) groups excluding carboxylic acids is 3.